The maximum absolute atomic E-state index is 13.3. The number of carbonyl (C=O) groups is 1. The van der Waals surface area contributed by atoms with Gasteiger partial charge in [0.2, 0.25) is 5.91 Å². The number of alkyl halides is 3. The van der Waals surface area contributed by atoms with E-state index in [-0.39, 0.29) is 22.7 Å². The van der Waals surface area contributed by atoms with E-state index >= 15 is 0 Å². The molecule has 3 unspecified atom stereocenters. The standard InChI is InChI=1S/C18H16ClF4N3O5S2/c1-26-16(17(27)24-11-5-6-14(20)13(19)8-11)9-15(25-32(26)28)10-3-2-4-12(7-10)31-33(29,30)18(21,22)23/h2-8,15-16,25H,9H2,1H3,(H,24,27). The molecule has 0 aromatic heterocycles. The molecule has 1 saturated heterocycles. The number of nitrogens with zero attached hydrogens (tertiary/aromatic N) is 1. The first kappa shape index (κ1) is 25.4. The molecule has 1 heterocycles. The van der Waals surface area contributed by atoms with Gasteiger partial charge in [-0.15, -0.1) is 0 Å². The molecule has 1 fully saturated rings. The van der Waals surface area contributed by atoms with Crippen LogP contribution >= 0.6 is 11.6 Å². The number of halogens is 5. The van der Waals surface area contributed by atoms with Crippen LogP contribution in [0.5, 0.6) is 5.75 Å². The van der Waals surface area contributed by atoms with Crippen molar-refractivity contribution < 1.29 is 39.2 Å². The van der Waals surface area contributed by atoms with Crippen molar-refractivity contribution in [1.29, 1.82) is 0 Å². The summed E-state index contributed by atoms with van der Waals surface area (Å²) in [6.07, 6.45) is 0.0124. The van der Waals surface area contributed by atoms with Crippen LogP contribution in [0.3, 0.4) is 0 Å². The van der Waals surface area contributed by atoms with Crippen LogP contribution in [0.4, 0.5) is 23.2 Å². The Morgan fingerprint density at radius 3 is 2.61 bits per heavy atom. The molecule has 1 aliphatic rings. The summed E-state index contributed by atoms with van der Waals surface area (Å²) in [6, 6.07) is 6.54. The van der Waals surface area contributed by atoms with Gasteiger partial charge in [0.05, 0.1) is 5.02 Å². The molecule has 180 valence electrons. The normalized spacial score (nSPS) is 22.1. The zero-order valence-electron chi connectivity index (χ0n) is 16.6. The second kappa shape index (κ2) is 9.54. The molecule has 2 aromatic rings. The molecule has 0 spiro atoms. The molecule has 33 heavy (non-hydrogen) atoms. The van der Waals surface area contributed by atoms with Crippen LogP contribution in [0.25, 0.3) is 0 Å². The number of likely N-dealkylation sites (N-methyl/N-ethyl adjacent to an activating group) is 1. The van der Waals surface area contributed by atoms with E-state index in [0.717, 1.165) is 18.2 Å². The minimum Gasteiger partial charge on any atom is -0.376 e. The molecule has 1 aliphatic heterocycles. The molecule has 3 rings (SSSR count). The van der Waals surface area contributed by atoms with Crippen LogP contribution in [0, 0.1) is 5.82 Å². The first-order valence-corrected chi connectivity index (χ1v) is 12.0. The summed E-state index contributed by atoms with van der Waals surface area (Å²) in [4.78, 5) is 12.8. The average Bonchev–Trinajstić information content (AvgIpc) is 2.71. The molecular weight excluding hydrogens is 514 g/mol. The zero-order chi connectivity index (χ0) is 24.6. The Kier molecular flexibility index (Phi) is 7.33. The van der Waals surface area contributed by atoms with Crippen molar-refractivity contribution in [3.8, 4) is 5.75 Å². The number of nitrogens with one attached hydrogen (secondary N) is 2. The first-order valence-electron chi connectivity index (χ1n) is 9.06. The van der Waals surface area contributed by atoms with Crippen LogP contribution in [-0.2, 0) is 26.1 Å². The minimum absolute atomic E-state index is 0.0124. The summed E-state index contributed by atoms with van der Waals surface area (Å²) >= 11 is 3.83. The van der Waals surface area contributed by atoms with Gasteiger partial charge in [-0.25, -0.2) is 17.6 Å². The largest absolute Gasteiger partial charge is 0.534 e. The molecule has 8 nitrogen and oxygen atoms in total. The molecule has 0 saturated carbocycles. The summed E-state index contributed by atoms with van der Waals surface area (Å²) < 4.78 is 94.2. The van der Waals surface area contributed by atoms with Crippen LogP contribution < -0.4 is 14.2 Å². The van der Waals surface area contributed by atoms with Gasteiger partial charge in [0.1, 0.15) is 17.6 Å². The third-order valence-electron chi connectivity index (χ3n) is 4.64. The highest BCUT2D eigenvalue weighted by atomic mass is 35.5. The van der Waals surface area contributed by atoms with Gasteiger partial charge in [-0.3, -0.25) is 4.79 Å². The molecule has 0 radical (unpaired) electrons. The van der Waals surface area contributed by atoms with Crippen LogP contribution in [0.15, 0.2) is 42.5 Å². The van der Waals surface area contributed by atoms with E-state index in [2.05, 4.69) is 14.2 Å². The van der Waals surface area contributed by atoms with Gasteiger partial charge in [0, 0.05) is 18.8 Å². The monoisotopic (exact) mass is 529 g/mol. The van der Waals surface area contributed by atoms with Gasteiger partial charge in [-0.2, -0.15) is 21.6 Å². The second-order valence-corrected chi connectivity index (χ2v) is 10.1. The molecular formula is C18H16ClF4N3O5S2. The fourth-order valence-electron chi connectivity index (χ4n) is 2.97. The molecule has 0 bridgehead atoms. The topological polar surface area (TPSA) is 105 Å². The van der Waals surface area contributed by atoms with E-state index in [1.54, 1.807) is 0 Å². The summed E-state index contributed by atoms with van der Waals surface area (Å²) in [5.74, 6) is -1.87. The number of benzene rings is 2. The average molecular weight is 530 g/mol. The summed E-state index contributed by atoms with van der Waals surface area (Å²) in [5, 5.41) is 2.33. The lowest BCUT2D eigenvalue weighted by Crippen LogP contribution is -2.53. The maximum Gasteiger partial charge on any atom is 0.534 e. The molecule has 0 aliphatic carbocycles. The van der Waals surface area contributed by atoms with Gasteiger partial charge in [-0.1, -0.05) is 23.7 Å². The van der Waals surface area contributed by atoms with Gasteiger partial charge in [-0.05, 0) is 42.3 Å². The van der Waals surface area contributed by atoms with Gasteiger partial charge < -0.3 is 9.50 Å². The molecule has 1 amide bonds. The molecule has 2 N–H and O–H groups in total. The molecule has 15 heteroatoms. The van der Waals surface area contributed by atoms with Crippen molar-refractivity contribution in [3.05, 3.63) is 58.9 Å². The lowest BCUT2D eigenvalue weighted by molar-refractivity contribution is -0.120. The first-order chi connectivity index (χ1) is 15.3. The van der Waals surface area contributed by atoms with Crippen molar-refractivity contribution >= 4 is 44.5 Å². The molecule has 2 aromatic carbocycles. The second-order valence-electron chi connectivity index (χ2n) is 6.89. The predicted molar refractivity (Wildman–Crippen MR) is 112 cm³/mol. The van der Waals surface area contributed by atoms with Crippen molar-refractivity contribution in [2.45, 2.75) is 24.0 Å². The van der Waals surface area contributed by atoms with Gasteiger partial charge in [0.15, 0.2) is 11.2 Å². The maximum atomic E-state index is 13.3. The van der Waals surface area contributed by atoms with Crippen LogP contribution in [-0.4, -0.2) is 41.4 Å². The van der Waals surface area contributed by atoms with E-state index in [0.29, 0.717) is 0 Å². The number of carbonyl (C=O) groups excluding carboxylic acids is 1. The zero-order valence-corrected chi connectivity index (χ0v) is 19.0. The number of hydrogen-bond donors (Lipinski definition) is 2. The van der Waals surface area contributed by atoms with Crippen molar-refractivity contribution in [1.82, 2.24) is 9.03 Å². The van der Waals surface area contributed by atoms with Crippen LogP contribution in [0.1, 0.15) is 18.0 Å². The Bertz CT molecular complexity index is 1200. The number of rotatable bonds is 5. The summed E-state index contributed by atoms with van der Waals surface area (Å²) in [7, 11) is -4.46. The van der Waals surface area contributed by atoms with E-state index in [1.807, 2.05) is 0 Å². The lowest BCUT2D eigenvalue weighted by atomic mass is 9.99. The Labute approximate surface area is 193 Å². The minimum atomic E-state index is -5.87. The Balaban J connectivity index is 1.80. The Morgan fingerprint density at radius 2 is 1.97 bits per heavy atom. The summed E-state index contributed by atoms with van der Waals surface area (Å²) in [5.41, 5.74) is -5.16. The number of amides is 1. The van der Waals surface area contributed by atoms with Crippen molar-refractivity contribution in [2.24, 2.45) is 0 Å². The Hall–Kier alpha value is -2.26. The third kappa shape index (κ3) is 5.81. The SMILES string of the molecule is CN1C(C(=O)Nc2ccc(F)c(Cl)c2)CC(c2cccc(OS(=O)(=O)C(F)(F)F)c2)NS1=O. The third-order valence-corrected chi connectivity index (χ3v) is 7.17. The van der Waals surface area contributed by atoms with E-state index in [1.165, 1.54) is 35.6 Å². The van der Waals surface area contributed by atoms with Gasteiger partial charge in [0.25, 0.3) is 0 Å². The fraction of sp³-hybridized carbons (Fsp3) is 0.278. The van der Waals surface area contributed by atoms with E-state index in [9.17, 15) is 35.0 Å². The van der Waals surface area contributed by atoms with Gasteiger partial charge >= 0.3 is 15.6 Å². The van der Waals surface area contributed by atoms with E-state index < -0.39 is 56.4 Å². The van der Waals surface area contributed by atoms with Crippen LogP contribution in [0.2, 0.25) is 5.02 Å². The van der Waals surface area contributed by atoms with Crippen molar-refractivity contribution in [3.63, 3.8) is 0 Å². The quantitative estimate of drug-likeness (QED) is 0.351. The number of hydrogen-bond acceptors (Lipinski definition) is 5. The predicted octanol–water partition coefficient (Wildman–Crippen LogP) is 3.26. The highest BCUT2D eigenvalue weighted by Crippen LogP contribution is 2.32. The molecule has 3 atom stereocenters. The van der Waals surface area contributed by atoms with Crippen molar-refractivity contribution in [2.75, 3.05) is 12.4 Å². The highest BCUT2D eigenvalue weighted by molar-refractivity contribution is 7.88. The van der Waals surface area contributed by atoms with E-state index in [4.69, 9.17) is 11.6 Å². The summed E-state index contributed by atoms with van der Waals surface area (Å²) in [6.45, 7) is 0. The highest BCUT2D eigenvalue weighted by Gasteiger charge is 2.48. The number of anilines is 1. The Morgan fingerprint density at radius 1 is 1.27 bits per heavy atom. The smallest absolute Gasteiger partial charge is 0.376 e. The fourth-order valence-corrected chi connectivity index (χ4v) is 4.66. The lowest BCUT2D eigenvalue weighted by Gasteiger charge is -2.35.